The van der Waals surface area contributed by atoms with Gasteiger partial charge in [0.1, 0.15) is 4.70 Å². The predicted molar refractivity (Wildman–Crippen MR) is 134 cm³/mol. The quantitative estimate of drug-likeness (QED) is 0.365. The highest BCUT2D eigenvalue weighted by atomic mass is 32.1. The van der Waals surface area contributed by atoms with Gasteiger partial charge in [0.15, 0.2) is 0 Å². The lowest BCUT2D eigenvalue weighted by Crippen LogP contribution is -2.38. The Balaban J connectivity index is 1.86. The fraction of sp³-hybridized carbons (Fsp3) is 0.185. The summed E-state index contributed by atoms with van der Waals surface area (Å²) in [6, 6.07) is 21.9. The van der Waals surface area contributed by atoms with E-state index in [9.17, 15) is 9.59 Å². The number of rotatable bonds is 4. The summed E-state index contributed by atoms with van der Waals surface area (Å²) in [7, 11) is 0. The number of aromatic nitrogens is 2. The van der Waals surface area contributed by atoms with Crippen LogP contribution in [0.15, 0.2) is 76.3 Å². The van der Waals surface area contributed by atoms with Gasteiger partial charge in [-0.15, -0.1) is 11.3 Å². The average Bonchev–Trinajstić information content (AvgIpc) is 3.19. The molecule has 32 heavy (non-hydrogen) atoms. The van der Waals surface area contributed by atoms with Crippen molar-refractivity contribution in [2.45, 2.75) is 33.7 Å². The van der Waals surface area contributed by atoms with E-state index >= 15 is 0 Å². The van der Waals surface area contributed by atoms with Gasteiger partial charge in [0.25, 0.3) is 5.56 Å². The van der Waals surface area contributed by atoms with Crippen molar-refractivity contribution in [1.29, 1.82) is 0 Å². The van der Waals surface area contributed by atoms with Gasteiger partial charge in [0, 0.05) is 10.1 Å². The summed E-state index contributed by atoms with van der Waals surface area (Å²) in [6.45, 7) is 6.61. The molecule has 0 N–H and O–H groups in total. The highest BCUT2D eigenvalue weighted by Crippen LogP contribution is 2.31. The Morgan fingerprint density at radius 3 is 2.41 bits per heavy atom. The van der Waals surface area contributed by atoms with Crippen molar-refractivity contribution >= 4 is 31.6 Å². The van der Waals surface area contributed by atoms with Crippen LogP contribution < -0.4 is 11.2 Å². The van der Waals surface area contributed by atoms with E-state index in [2.05, 4.69) is 39.0 Å². The van der Waals surface area contributed by atoms with Gasteiger partial charge < -0.3 is 0 Å². The molecule has 0 spiro atoms. The Morgan fingerprint density at radius 2 is 1.66 bits per heavy atom. The molecule has 0 atom stereocenters. The lowest BCUT2D eigenvalue weighted by atomic mass is 10.1. The minimum Gasteiger partial charge on any atom is -0.287 e. The molecule has 0 radical (unpaired) electrons. The first-order chi connectivity index (χ1) is 15.5. The van der Waals surface area contributed by atoms with E-state index in [-0.39, 0.29) is 11.2 Å². The monoisotopic (exact) mass is 440 g/mol. The molecule has 5 aromatic rings. The molecule has 0 aliphatic rings. The number of aryl methyl sites for hydroxylation is 3. The van der Waals surface area contributed by atoms with E-state index in [1.54, 1.807) is 4.57 Å². The first kappa shape index (κ1) is 20.5. The van der Waals surface area contributed by atoms with Crippen molar-refractivity contribution in [3.8, 4) is 5.69 Å². The fourth-order valence-electron chi connectivity index (χ4n) is 4.25. The van der Waals surface area contributed by atoms with Crippen molar-refractivity contribution < 1.29 is 0 Å². The van der Waals surface area contributed by atoms with Crippen molar-refractivity contribution in [3.63, 3.8) is 0 Å². The molecule has 4 nitrogen and oxygen atoms in total. The van der Waals surface area contributed by atoms with Crippen molar-refractivity contribution in [2.24, 2.45) is 0 Å². The van der Waals surface area contributed by atoms with E-state index in [1.807, 2.05) is 48.5 Å². The number of thiophene rings is 1. The van der Waals surface area contributed by atoms with Crippen molar-refractivity contribution in [1.82, 2.24) is 9.13 Å². The maximum Gasteiger partial charge on any atom is 0.336 e. The highest BCUT2D eigenvalue weighted by Gasteiger charge is 2.19. The summed E-state index contributed by atoms with van der Waals surface area (Å²) >= 11 is 1.45. The van der Waals surface area contributed by atoms with Gasteiger partial charge in [0.05, 0.1) is 17.7 Å². The zero-order valence-corrected chi connectivity index (χ0v) is 19.2. The predicted octanol–water partition coefficient (Wildman–Crippen LogP) is 5.59. The largest absolute Gasteiger partial charge is 0.336 e. The summed E-state index contributed by atoms with van der Waals surface area (Å²) < 4.78 is 4.70. The maximum atomic E-state index is 13.8. The molecule has 0 saturated heterocycles. The Morgan fingerprint density at radius 1 is 0.906 bits per heavy atom. The zero-order chi connectivity index (χ0) is 22.4. The number of hydrogen-bond acceptors (Lipinski definition) is 3. The van der Waals surface area contributed by atoms with Crippen LogP contribution in [-0.4, -0.2) is 9.13 Å². The third-order valence-electron chi connectivity index (χ3n) is 6.09. The van der Waals surface area contributed by atoms with E-state index in [4.69, 9.17) is 0 Å². The highest BCUT2D eigenvalue weighted by molar-refractivity contribution is 7.25. The van der Waals surface area contributed by atoms with Crippen LogP contribution in [0.25, 0.3) is 26.0 Å². The normalized spacial score (nSPS) is 11.5. The zero-order valence-electron chi connectivity index (χ0n) is 18.4. The molecule has 2 aromatic heterocycles. The first-order valence-corrected chi connectivity index (χ1v) is 11.6. The molecular formula is C27H24N2O2S. The molecule has 0 saturated carbocycles. The molecule has 0 amide bonds. The topological polar surface area (TPSA) is 44.0 Å². The van der Waals surface area contributed by atoms with Gasteiger partial charge in [-0.1, -0.05) is 61.0 Å². The van der Waals surface area contributed by atoms with Crippen LogP contribution in [0.3, 0.4) is 0 Å². The fourth-order valence-corrected chi connectivity index (χ4v) is 5.38. The van der Waals surface area contributed by atoms with Crippen molar-refractivity contribution in [3.05, 3.63) is 110 Å². The second kappa shape index (κ2) is 7.92. The summed E-state index contributed by atoms with van der Waals surface area (Å²) in [5.74, 6) is 0. The molecule has 0 bridgehead atoms. The van der Waals surface area contributed by atoms with E-state index in [1.165, 1.54) is 21.5 Å². The van der Waals surface area contributed by atoms with E-state index in [0.29, 0.717) is 16.9 Å². The van der Waals surface area contributed by atoms with Crippen LogP contribution in [0.2, 0.25) is 0 Å². The van der Waals surface area contributed by atoms with Crippen molar-refractivity contribution in [2.75, 3.05) is 0 Å². The lowest BCUT2D eigenvalue weighted by Gasteiger charge is -2.15. The molecule has 0 unspecified atom stereocenters. The molecule has 0 fully saturated rings. The third kappa shape index (κ3) is 3.30. The third-order valence-corrected chi connectivity index (χ3v) is 7.24. The Labute approximate surface area is 190 Å². The van der Waals surface area contributed by atoms with E-state index in [0.717, 1.165) is 38.7 Å². The Bertz CT molecular complexity index is 1590. The summed E-state index contributed by atoms with van der Waals surface area (Å²) in [5.41, 5.74) is 5.28. The number of benzene rings is 3. The summed E-state index contributed by atoms with van der Waals surface area (Å²) in [5, 5.41) is 0.945. The first-order valence-electron chi connectivity index (χ1n) is 10.8. The van der Waals surface area contributed by atoms with Crippen LogP contribution in [0.5, 0.6) is 0 Å². The number of fused-ring (bicyclic) bond motifs is 3. The molecule has 0 aliphatic heterocycles. The molecule has 5 heteroatoms. The van der Waals surface area contributed by atoms with Gasteiger partial charge in [-0.3, -0.25) is 9.36 Å². The van der Waals surface area contributed by atoms with Crippen LogP contribution in [-0.2, 0) is 13.0 Å². The van der Waals surface area contributed by atoms with Gasteiger partial charge in [-0.25, -0.2) is 9.36 Å². The van der Waals surface area contributed by atoms with Gasteiger partial charge in [0.2, 0.25) is 0 Å². The smallest absolute Gasteiger partial charge is 0.287 e. The molecule has 3 aromatic carbocycles. The van der Waals surface area contributed by atoms with E-state index < -0.39 is 0 Å². The minimum atomic E-state index is -0.309. The van der Waals surface area contributed by atoms with Gasteiger partial charge >= 0.3 is 5.69 Å². The Hall–Kier alpha value is -3.44. The second-order valence-corrected chi connectivity index (χ2v) is 9.29. The minimum absolute atomic E-state index is 0.257. The Kier molecular flexibility index (Phi) is 5.06. The molecular weight excluding hydrogens is 416 g/mol. The molecule has 0 aliphatic carbocycles. The number of nitrogens with zero attached hydrogens (tertiary/aromatic N) is 2. The maximum absolute atomic E-state index is 13.8. The second-order valence-electron chi connectivity index (χ2n) is 8.24. The molecule has 2 heterocycles. The SMILES string of the molecule is CCc1ccc(-n2c(=O)c3sc4ccccc4c3n(Cc3cc(C)ccc3C)c2=O)cc1. The molecule has 5 rings (SSSR count). The average molecular weight is 441 g/mol. The standard InChI is InChI=1S/C27H24N2O2S/c1-4-19-11-13-21(14-12-19)29-26(30)25-24(22-7-5-6-8-23(22)32-25)28(27(29)31)16-20-15-17(2)9-10-18(20)3/h5-15H,4,16H2,1-3H3. The molecule has 160 valence electrons. The van der Waals surface area contributed by atoms with Crippen LogP contribution in [0.1, 0.15) is 29.2 Å². The van der Waals surface area contributed by atoms with Gasteiger partial charge in [-0.2, -0.15) is 0 Å². The van der Waals surface area contributed by atoms with Crippen LogP contribution >= 0.6 is 11.3 Å². The van der Waals surface area contributed by atoms with Gasteiger partial charge in [-0.05, 0) is 55.2 Å². The lowest BCUT2D eigenvalue weighted by molar-refractivity contribution is 0.715. The summed E-state index contributed by atoms with van der Waals surface area (Å²) in [4.78, 5) is 27.4. The number of hydrogen-bond donors (Lipinski definition) is 0. The summed E-state index contributed by atoms with van der Waals surface area (Å²) in [6.07, 6.45) is 0.904. The van der Waals surface area contributed by atoms with Crippen LogP contribution in [0.4, 0.5) is 0 Å². The van der Waals surface area contributed by atoms with Crippen LogP contribution in [0, 0.1) is 13.8 Å².